The van der Waals surface area contributed by atoms with Gasteiger partial charge in [-0.2, -0.15) is 16.9 Å². The molecule has 0 spiro atoms. The zero-order valence-corrected chi connectivity index (χ0v) is 28.8. The van der Waals surface area contributed by atoms with Crippen molar-refractivity contribution >= 4 is 41.0 Å². The molecule has 4 N–H and O–H groups in total. The number of aliphatic hydroxyl groups is 1. The average molecular weight is 694 g/mol. The number of carbonyl (C=O) groups is 1. The van der Waals surface area contributed by atoms with Crippen LogP contribution in [0.1, 0.15) is 29.7 Å². The lowest BCUT2D eigenvalue weighted by Crippen LogP contribution is -2.41. The van der Waals surface area contributed by atoms with Gasteiger partial charge in [0.15, 0.2) is 0 Å². The fourth-order valence-corrected chi connectivity index (χ4v) is 7.67. The summed E-state index contributed by atoms with van der Waals surface area (Å²) in [4.78, 5) is 16.1. The molecule has 6 rings (SSSR count). The van der Waals surface area contributed by atoms with Gasteiger partial charge in [-0.3, -0.25) is 9.58 Å². The van der Waals surface area contributed by atoms with Gasteiger partial charge in [-0.05, 0) is 36.1 Å². The molecular weight excluding hydrogens is 651 g/mol. The largest absolute Gasteiger partial charge is 0.390 e. The summed E-state index contributed by atoms with van der Waals surface area (Å²) in [5.41, 5.74) is 12.6. The molecule has 2 unspecified atom stereocenters. The fourth-order valence-electron chi connectivity index (χ4n) is 6.36. The van der Waals surface area contributed by atoms with Crippen molar-refractivity contribution in [3.05, 3.63) is 87.6 Å². The third-order valence-corrected chi connectivity index (χ3v) is 10.6. The maximum Gasteiger partial charge on any atom is 0.315 e. The number of benzene rings is 1. The second-order valence-corrected chi connectivity index (χ2v) is 14.7. The second kappa shape index (κ2) is 16.0. The normalized spacial score (nSPS) is 21.8. The van der Waals surface area contributed by atoms with E-state index in [0.29, 0.717) is 37.6 Å². The average Bonchev–Trinajstić information content (AvgIpc) is 3.43. The monoisotopic (exact) mass is 692 g/mol. The number of allylic oxidation sites excluding steroid dienone is 4. The zero-order chi connectivity index (χ0) is 32.8. The summed E-state index contributed by atoms with van der Waals surface area (Å²) in [6.45, 7) is 5.52. The van der Waals surface area contributed by atoms with Crippen molar-refractivity contribution in [2.75, 3.05) is 50.8 Å². The molecule has 3 heterocycles. The molecule has 0 bridgehead atoms. The summed E-state index contributed by atoms with van der Waals surface area (Å²) < 4.78 is 1.93. The maximum absolute atomic E-state index is 12.1. The second-order valence-electron chi connectivity index (χ2n) is 12.5. The number of β-amino-alcohol motifs (C(OH)–C–C–N with tert-alkyl or cyclic N) is 1. The van der Waals surface area contributed by atoms with E-state index < -0.39 is 12.1 Å². The van der Waals surface area contributed by atoms with E-state index in [-0.39, 0.29) is 11.3 Å². The number of fused-ring (bicyclic) bond motifs is 1. The number of thioether (sulfide) groups is 1. The molecule has 47 heavy (non-hydrogen) atoms. The van der Waals surface area contributed by atoms with Crippen molar-refractivity contribution in [3.8, 4) is 23.1 Å². The molecule has 0 radical (unpaired) electrons. The SMILES string of the molecule is NC(=O)N1CCc2c(c(-c3ccc(Cl)c(C#CC4C=CC(CNCC5=CCC(Cl)C=C5)=CC4)c3)nn2C[C@H](O)CN2CCSCC2)C1. The van der Waals surface area contributed by atoms with E-state index in [1.54, 1.807) is 4.90 Å². The van der Waals surface area contributed by atoms with E-state index in [4.69, 9.17) is 34.0 Å². The lowest BCUT2D eigenvalue weighted by molar-refractivity contribution is 0.0983. The van der Waals surface area contributed by atoms with Gasteiger partial charge >= 0.3 is 6.03 Å². The van der Waals surface area contributed by atoms with Crippen LogP contribution in [0.3, 0.4) is 0 Å². The van der Waals surface area contributed by atoms with Crippen LogP contribution >= 0.6 is 35.0 Å². The van der Waals surface area contributed by atoms with Crippen molar-refractivity contribution in [1.82, 2.24) is 24.9 Å². The van der Waals surface area contributed by atoms with Crippen molar-refractivity contribution in [3.63, 3.8) is 0 Å². The van der Waals surface area contributed by atoms with Gasteiger partial charge in [-0.25, -0.2) is 4.79 Å². The van der Waals surface area contributed by atoms with E-state index in [1.807, 2.05) is 40.7 Å². The van der Waals surface area contributed by atoms with Crippen LogP contribution in [-0.2, 0) is 19.5 Å². The summed E-state index contributed by atoms with van der Waals surface area (Å²) in [5, 5.41) is 20.2. The van der Waals surface area contributed by atoms with Crippen LogP contribution in [0.5, 0.6) is 0 Å². The summed E-state index contributed by atoms with van der Waals surface area (Å²) in [6, 6.07) is 5.33. The fraction of sp³-hybridized carbons (Fsp3) is 0.444. The minimum atomic E-state index is -0.546. The van der Waals surface area contributed by atoms with E-state index in [9.17, 15) is 9.90 Å². The van der Waals surface area contributed by atoms with Crippen LogP contribution in [0.4, 0.5) is 4.79 Å². The first-order valence-electron chi connectivity index (χ1n) is 16.3. The summed E-state index contributed by atoms with van der Waals surface area (Å²) >= 11 is 14.7. The van der Waals surface area contributed by atoms with Gasteiger partial charge in [0.2, 0.25) is 0 Å². The van der Waals surface area contributed by atoms with E-state index in [1.165, 1.54) is 11.1 Å². The standard InChI is InChI=1S/C36H42Cl2N6O2S/c37-30-10-6-27(7-11-30)21-40-20-26-3-1-25(2-4-26)5-8-28-19-29(9-12-33(28)38)35-32-24-43(36(39)46)14-13-34(32)44(41-35)23-31(45)22-42-15-17-47-18-16-42/h1,3-4,6-7,9-10,12,19,25,30-31,40,45H,2,11,13-18,20-24H2,(H2,39,46)/t25?,30?,31-/m1/s1. The van der Waals surface area contributed by atoms with Gasteiger partial charge in [-0.1, -0.05) is 66.0 Å². The van der Waals surface area contributed by atoms with Crippen molar-refractivity contribution in [1.29, 1.82) is 0 Å². The van der Waals surface area contributed by atoms with E-state index in [2.05, 4.69) is 52.4 Å². The third-order valence-electron chi connectivity index (χ3n) is 8.99. The van der Waals surface area contributed by atoms with Crippen LogP contribution in [-0.4, -0.2) is 93.0 Å². The molecular formula is C36H42Cl2N6O2S. The summed E-state index contributed by atoms with van der Waals surface area (Å²) in [6.07, 6.45) is 14.7. The lowest BCUT2D eigenvalue weighted by atomic mass is 9.96. The van der Waals surface area contributed by atoms with Crippen LogP contribution in [0.2, 0.25) is 5.02 Å². The molecule has 2 aliphatic heterocycles. The molecule has 1 aromatic carbocycles. The van der Waals surface area contributed by atoms with Crippen molar-refractivity contribution in [2.45, 2.75) is 43.8 Å². The zero-order valence-electron chi connectivity index (χ0n) is 26.5. The van der Waals surface area contributed by atoms with Gasteiger partial charge in [0.25, 0.3) is 0 Å². The quantitative estimate of drug-likeness (QED) is 0.253. The molecule has 4 aliphatic rings. The number of primary amides is 1. The Bertz CT molecular complexity index is 1650. The number of halogens is 2. The number of amides is 2. The molecule has 2 aliphatic carbocycles. The first-order valence-corrected chi connectivity index (χ1v) is 18.3. The molecule has 2 aromatic rings. The minimum absolute atomic E-state index is 0.0965. The number of alkyl halides is 1. The third kappa shape index (κ3) is 8.94. The molecule has 3 atom stereocenters. The highest BCUT2D eigenvalue weighted by Gasteiger charge is 2.28. The number of rotatable bonds is 9. The number of hydrogen-bond donors (Lipinski definition) is 3. The van der Waals surface area contributed by atoms with Crippen LogP contribution in [0.25, 0.3) is 11.3 Å². The molecule has 248 valence electrons. The number of aromatic nitrogens is 2. The smallest absolute Gasteiger partial charge is 0.315 e. The van der Waals surface area contributed by atoms with E-state index in [0.717, 1.165) is 78.6 Å². The van der Waals surface area contributed by atoms with Gasteiger partial charge < -0.3 is 21.1 Å². The van der Waals surface area contributed by atoms with Gasteiger partial charge in [0.1, 0.15) is 0 Å². The molecule has 2 amide bonds. The van der Waals surface area contributed by atoms with Gasteiger partial charge in [-0.15, -0.1) is 11.6 Å². The van der Waals surface area contributed by atoms with Crippen LogP contribution < -0.4 is 11.1 Å². The highest BCUT2D eigenvalue weighted by Crippen LogP contribution is 2.32. The predicted octanol–water partition coefficient (Wildman–Crippen LogP) is 4.99. The summed E-state index contributed by atoms with van der Waals surface area (Å²) in [7, 11) is 0. The maximum atomic E-state index is 12.1. The molecule has 0 saturated carbocycles. The Kier molecular flexibility index (Phi) is 11.5. The van der Waals surface area contributed by atoms with Crippen LogP contribution in [0.15, 0.2) is 65.8 Å². The number of urea groups is 1. The molecule has 11 heteroatoms. The molecule has 1 saturated heterocycles. The topological polar surface area (TPSA) is 99.7 Å². The van der Waals surface area contributed by atoms with Gasteiger partial charge in [0.05, 0.1) is 35.3 Å². The molecule has 1 fully saturated rings. The number of carbonyl (C=O) groups excluding carboxylic acids is 1. The van der Waals surface area contributed by atoms with Crippen LogP contribution in [0, 0.1) is 17.8 Å². The Morgan fingerprint density at radius 1 is 1.11 bits per heavy atom. The first kappa shape index (κ1) is 33.9. The number of nitrogens with one attached hydrogen (secondary N) is 1. The number of nitrogens with zero attached hydrogens (tertiary/aromatic N) is 4. The Hall–Kier alpha value is -2.97. The number of nitrogens with two attached hydrogens (primary N) is 1. The Labute approximate surface area is 291 Å². The Morgan fingerprint density at radius 3 is 2.57 bits per heavy atom. The summed E-state index contributed by atoms with van der Waals surface area (Å²) in [5.74, 6) is 9.00. The lowest BCUT2D eigenvalue weighted by Gasteiger charge is -2.29. The Morgan fingerprint density at radius 2 is 1.87 bits per heavy atom. The highest BCUT2D eigenvalue weighted by atomic mass is 35.5. The van der Waals surface area contributed by atoms with Gasteiger partial charge in [0, 0.05) is 85.5 Å². The van der Waals surface area contributed by atoms with Crippen molar-refractivity contribution < 1.29 is 9.90 Å². The Balaban J connectivity index is 1.14. The highest BCUT2D eigenvalue weighted by molar-refractivity contribution is 7.99. The minimum Gasteiger partial charge on any atom is -0.390 e. The number of aliphatic hydroxyl groups excluding tert-OH is 1. The first-order chi connectivity index (χ1) is 22.8. The molecule has 1 aromatic heterocycles. The van der Waals surface area contributed by atoms with E-state index >= 15 is 0 Å². The number of hydrogen-bond acceptors (Lipinski definition) is 6. The predicted molar refractivity (Wildman–Crippen MR) is 193 cm³/mol. The molecule has 8 nitrogen and oxygen atoms in total. The van der Waals surface area contributed by atoms with Crippen molar-refractivity contribution in [2.24, 2.45) is 11.7 Å².